The van der Waals surface area contributed by atoms with Gasteiger partial charge >= 0.3 is 0 Å². The first kappa shape index (κ1) is 18.1. The number of carbonyl (C=O) groups excluding carboxylic acids is 1. The highest BCUT2D eigenvalue weighted by atomic mass is 16.6. The zero-order valence-corrected chi connectivity index (χ0v) is 14.7. The minimum atomic E-state index is -0.360. The Bertz CT molecular complexity index is 742. The topological polar surface area (TPSA) is 69.4 Å². The lowest BCUT2D eigenvalue weighted by Gasteiger charge is -2.27. The maximum atomic E-state index is 12.3. The number of rotatable bonds is 7. The van der Waals surface area contributed by atoms with Crippen LogP contribution in [-0.4, -0.2) is 17.3 Å². The Balaban J connectivity index is 1.71. The molecule has 0 spiro atoms. The predicted octanol–water partition coefficient (Wildman–Crippen LogP) is 4.39. The zero-order valence-electron chi connectivity index (χ0n) is 14.7. The van der Waals surface area contributed by atoms with Gasteiger partial charge in [0, 0.05) is 17.3 Å². The van der Waals surface area contributed by atoms with Crippen LogP contribution in [0.3, 0.4) is 0 Å². The third kappa shape index (κ3) is 4.69. The van der Waals surface area contributed by atoms with E-state index in [1.165, 1.54) is 0 Å². The van der Waals surface area contributed by atoms with Gasteiger partial charge in [0.1, 0.15) is 18.1 Å². The van der Waals surface area contributed by atoms with E-state index in [9.17, 15) is 14.9 Å². The van der Waals surface area contributed by atoms with Crippen molar-refractivity contribution in [3.63, 3.8) is 0 Å². The van der Waals surface area contributed by atoms with E-state index in [-0.39, 0.29) is 29.1 Å². The van der Waals surface area contributed by atoms with Crippen LogP contribution in [0.25, 0.3) is 0 Å². The zero-order chi connectivity index (χ0) is 18.4. The van der Waals surface area contributed by atoms with Gasteiger partial charge in [-0.15, -0.1) is 0 Å². The number of nitro groups is 1. The molecule has 0 saturated heterocycles. The summed E-state index contributed by atoms with van der Waals surface area (Å²) in [6.45, 7) is 0.264. The average molecular weight is 353 g/mol. The van der Waals surface area contributed by atoms with Gasteiger partial charge in [0.25, 0.3) is 0 Å². The second-order valence-corrected chi connectivity index (χ2v) is 6.78. The highest BCUT2D eigenvalue weighted by Crippen LogP contribution is 2.34. The first-order valence-corrected chi connectivity index (χ1v) is 9.04. The Morgan fingerprint density at radius 1 is 1.08 bits per heavy atom. The first-order valence-electron chi connectivity index (χ1n) is 9.04. The lowest BCUT2D eigenvalue weighted by molar-refractivity contribution is -0.484. The lowest BCUT2D eigenvalue weighted by Crippen LogP contribution is -2.30. The van der Waals surface area contributed by atoms with Gasteiger partial charge in [-0.1, -0.05) is 48.9 Å². The molecule has 1 aliphatic carbocycles. The molecule has 0 radical (unpaired) electrons. The number of carbonyl (C=O) groups is 1. The molecule has 0 aromatic heterocycles. The van der Waals surface area contributed by atoms with Crippen molar-refractivity contribution in [2.24, 2.45) is 5.92 Å². The Hall–Kier alpha value is -2.69. The molecule has 0 heterocycles. The Morgan fingerprint density at radius 2 is 1.81 bits per heavy atom. The van der Waals surface area contributed by atoms with E-state index < -0.39 is 0 Å². The fraction of sp³-hybridized carbons (Fsp3) is 0.381. The minimum Gasteiger partial charge on any atom is -0.489 e. The summed E-state index contributed by atoms with van der Waals surface area (Å²) >= 11 is 0. The molecule has 26 heavy (non-hydrogen) atoms. The van der Waals surface area contributed by atoms with Crippen LogP contribution in [0, 0.1) is 16.0 Å². The molecular formula is C21H23NO4. The standard InChI is InChI=1S/C21H23NO4/c23-21-9-5-4-8-19(21)20(14-22(24)25)17-10-12-18(13-11-17)26-15-16-6-2-1-3-7-16/h1-3,6-7,10-13,19-20H,4-5,8-9,14-15H2/t19-,20-/m1/s1. The molecule has 0 N–H and O–H groups in total. The number of Topliss-reactive ketones (excluding diaryl/α,β-unsaturated/α-hetero) is 1. The Morgan fingerprint density at radius 3 is 2.46 bits per heavy atom. The van der Waals surface area contributed by atoms with Crippen molar-refractivity contribution in [3.05, 3.63) is 75.8 Å². The summed E-state index contributed by atoms with van der Waals surface area (Å²) in [5, 5.41) is 11.1. The van der Waals surface area contributed by atoms with E-state index in [0.29, 0.717) is 18.8 Å². The highest BCUT2D eigenvalue weighted by molar-refractivity contribution is 5.82. The second kappa shape index (κ2) is 8.61. The fourth-order valence-electron chi connectivity index (χ4n) is 3.61. The normalized spacial score (nSPS) is 18.3. The van der Waals surface area contributed by atoms with E-state index in [0.717, 1.165) is 30.4 Å². The van der Waals surface area contributed by atoms with Gasteiger partial charge in [0.15, 0.2) is 0 Å². The van der Waals surface area contributed by atoms with Gasteiger partial charge < -0.3 is 4.74 Å². The molecule has 5 nitrogen and oxygen atoms in total. The third-order valence-electron chi connectivity index (χ3n) is 4.99. The van der Waals surface area contributed by atoms with Gasteiger partial charge in [-0.2, -0.15) is 0 Å². The van der Waals surface area contributed by atoms with Crippen molar-refractivity contribution in [2.45, 2.75) is 38.2 Å². The molecule has 3 rings (SSSR count). The molecule has 2 atom stereocenters. The van der Waals surface area contributed by atoms with Crippen LogP contribution in [0.15, 0.2) is 54.6 Å². The van der Waals surface area contributed by atoms with Crippen LogP contribution in [0.2, 0.25) is 0 Å². The summed E-state index contributed by atoms with van der Waals surface area (Å²) in [5.41, 5.74) is 1.92. The van der Waals surface area contributed by atoms with Gasteiger partial charge in [0.05, 0.1) is 5.92 Å². The van der Waals surface area contributed by atoms with Crippen LogP contribution >= 0.6 is 0 Å². The van der Waals surface area contributed by atoms with E-state index in [1.54, 1.807) is 0 Å². The molecule has 0 bridgehead atoms. The SMILES string of the molecule is O=C1CCCC[C@@H]1[C@H](C[N+](=O)[O-])c1ccc(OCc2ccccc2)cc1. The van der Waals surface area contributed by atoms with Crippen LogP contribution in [0.5, 0.6) is 5.75 Å². The first-order chi connectivity index (χ1) is 12.6. The molecule has 2 aromatic rings. The lowest BCUT2D eigenvalue weighted by atomic mass is 9.76. The molecule has 0 aliphatic heterocycles. The Kier molecular flexibility index (Phi) is 6.00. The van der Waals surface area contributed by atoms with Crippen molar-refractivity contribution in [1.82, 2.24) is 0 Å². The fourth-order valence-corrected chi connectivity index (χ4v) is 3.61. The Labute approximate surface area is 153 Å². The number of hydrogen-bond donors (Lipinski definition) is 0. The molecule has 136 valence electrons. The minimum absolute atomic E-state index is 0.160. The van der Waals surface area contributed by atoms with E-state index in [4.69, 9.17) is 4.74 Å². The average Bonchev–Trinajstić information content (AvgIpc) is 2.66. The summed E-state index contributed by atoms with van der Waals surface area (Å²) in [4.78, 5) is 23.1. The van der Waals surface area contributed by atoms with Crippen molar-refractivity contribution >= 4 is 5.78 Å². The van der Waals surface area contributed by atoms with E-state index in [1.807, 2.05) is 54.6 Å². The number of hydrogen-bond acceptors (Lipinski definition) is 4. The number of ether oxygens (including phenoxy) is 1. The van der Waals surface area contributed by atoms with Crippen molar-refractivity contribution in [3.8, 4) is 5.75 Å². The van der Waals surface area contributed by atoms with Crippen LogP contribution in [0.4, 0.5) is 0 Å². The molecule has 1 aliphatic rings. The molecule has 2 aromatic carbocycles. The quantitative estimate of drug-likeness (QED) is 0.547. The molecular weight excluding hydrogens is 330 g/mol. The summed E-state index contributed by atoms with van der Waals surface area (Å²) in [5.74, 6) is 0.270. The van der Waals surface area contributed by atoms with E-state index in [2.05, 4.69) is 0 Å². The monoisotopic (exact) mass is 353 g/mol. The second-order valence-electron chi connectivity index (χ2n) is 6.78. The van der Waals surface area contributed by atoms with Gasteiger partial charge in [-0.25, -0.2) is 0 Å². The molecule has 1 saturated carbocycles. The smallest absolute Gasteiger partial charge is 0.211 e. The van der Waals surface area contributed by atoms with Crippen LogP contribution < -0.4 is 4.74 Å². The summed E-state index contributed by atoms with van der Waals surface area (Å²) < 4.78 is 5.77. The number of benzene rings is 2. The van der Waals surface area contributed by atoms with E-state index >= 15 is 0 Å². The summed E-state index contributed by atoms with van der Waals surface area (Å²) in [6.07, 6.45) is 3.14. The molecule has 0 amide bonds. The number of ketones is 1. The largest absolute Gasteiger partial charge is 0.489 e. The molecule has 0 unspecified atom stereocenters. The van der Waals surface area contributed by atoms with Crippen molar-refractivity contribution in [2.75, 3.05) is 6.54 Å². The third-order valence-corrected chi connectivity index (χ3v) is 4.99. The molecule has 1 fully saturated rings. The van der Waals surface area contributed by atoms with Gasteiger partial charge in [-0.3, -0.25) is 14.9 Å². The maximum absolute atomic E-state index is 12.3. The van der Waals surface area contributed by atoms with Crippen molar-refractivity contribution < 1.29 is 14.5 Å². The van der Waals surface area contributed by atoms with Crippen molar-refractivity contribution in [1.29, 1.82) is 0 Å². The summed E-state index contributed by atoms with van der Waals surface area (Å²) in [6, 6.07) is 17.3. The summed E-state index contributed by atoms with van der Waals surface area (Å²) in [7, 11) is 0. The predicted molar refractivity (Wildman–Crippen MR) is 98.8 cm³/mol. The molecule has 5 heteroatoms. The maximum Gasteiger partial charge on any atom is 0.211 e. The van der Waals surface area contributed by atoms with Crippen LogP contribution in [0.1, 0.15) is 42.7 Å². The van der Waals surface area contributed by atoms with Gasteiger partial charge in [0.2, 0.25) is 6.54 Å². The van der Waals surface area contributed by atoms with Gasteiger partial charge in [-0.05, 0) is 36.1 Å². The highest BCUT2D eigenvalue weighted by Gasteiger charge is 2.34. The van der Waals surface area contributed by atoms with Crippen LogP contribution in [-0.2, 0) is 11.4 Å². The number of nitrogens with zero attached hydrogens (tertiary/aromatic N) is 1.